The highest BCUT2D eigenvalue weighted by molar-refractivity contribution is 7.81. The van der Waals surface area contributed by atoms with Crippen LogP contribution in [0.25, 0.3) is 0 Å². The molecule has 0 aromatic heterocycles. The molecule has 0 amide bonds. The fraction of sp³-hybridized carbons (Fsp3) is 1.00. The molecule has 0 aromatic rings. The highest BCUT2D eigenvalue weighted by Gasteiger charge is 2.33. The molecule has 1 fully saturated rings. The molecule has 0 bridgehead atoms. The van der Waals surface area contributed by atoms with Gasteiger partial charge in [0.15, 0.2) is 0 Å². The molecule has 0 radical (unpaired) electrons. The van der Waals surface area contributed by atoms with E-state index in [0.29, 0.717) is 11.9 Å². The van der Waals surface area contributed by atoms with E-state index in [2.05, 4.69) is 40.3 Å². The van der Waals surface area contributed by atoms with Crippen molar-refractivity contribution in [1.29, 1.82) is 0 Å². The highest BCUT2D eigenvalue weighted by Crippen LogP contribution is 2.41. The number of thiol groups is 1. The molecule has 18 heavy (non-hydrogen) atoms. The van der Waals surface area contributed by atoms with Crippen LogP contribution >= 0.6 is 12.6 Å². The summed E-state index contributed by atoms with van der Waals surface area (Å²) in [6, 6.07) is 0. The van der Waals surface area contributed by atoms with Crippen molar-refractivity contribution in [2.24, 2.45) is 29.6 Å². The second-order valence-electron chi connectivity index (χ2n) is 6.96. The zero-order valence-corrected chi connectivity index (χ0v) is 13.5. The Bertz CT molecular complexity index is 223. The van der Waals surface area contributed by atoms with Crippen molar-refractivity contribution in [1.82, 2.24) is 0 Å². The molecular weight excluding hydrogens is 240 g/mol. The number of hydrogen-bond donors (Lipinski definition) is 2. The van der Waals surface area contributed by atoms with Gasteiger partial charge in [-0.15, -0.1) is 0 Å². The van der Waals surface area contributed by atoms with Crippen LogP contribution in [0.2, 0.25) is 0 Å². The van der Waals surface area contributed by atoms with E-state index < -0.39 is 0 Å². The number of aliphatic hydroxyl groups excluding tert-OH is 1. The molecule has 0 saturated heterocycles. The highest BCUT2D eigenvalue weighted by atomic mass is 32.1. The molecule has 1 N–H and O–H groups in total. The molecular formula is C16H32OS. The Morgan fingerprint density at radius 2 is 1.72 bits per heavy atom. The first-order valence-corrected chi connectivity index (χ1v) is 8.24. The van der Waals surface area contributed by atoms with Crippen LogP contribution < -0.4 is 0 Å². The molecule has 1 nitrogen and oxygen atoms in total. The molecule has 1 aliphatic rings. The van der Waals surface area contributed by atoms with E-state index >= 15 is 0 Å². The molecule has 3 atom stereocenters. The van der Waals surface area contributed by atoms with Gasteiger partial charge in [-0.1, -0.05) is 27.7 Å². The molecule has 0 aliphatic heterocycles. The van der Waals surface area contributed by atoms with Crippen molar-refractivity contribution in [3.63, 3.8) is 0 Å². The molecule has 0 heterocycles. The van der Waals surface area contributed by atoms with Crippen molar-refractivity contribution in [3.05, 3.63) is 0 Å². The summed E-state index contributed by atoms with van der Waals surface area (Å²) < 4.78 is 0. The third-order valence-corrected chi connectivity index (χ3v) is 5.36. The largest absolute Gasteiger partial charge is 0.396 e. The fourth-order valence-corrected chi connectivity index (χ4v) is 3.79. The lowest BCUT2D eigenvalue weighted by atomic mass is 9.70. The van der Waals surface area contributed by atoms with Gasteiger partial charge < -0.3 is 5.11 Å². The molecule has 0 aromatic carbocycles. The summed E-state index contributed by atoms with van der Waals surface area (Å²) in [5.74, 6) is 3.95. The minimum absolute atomic E-state index is 0.352. The van der Waals surface area contributed by atoms with Crippen LogP contribution in [0.5, 0.6) is 0 Å². The lowest BCUT2D eigenvalue weighted by molar-refractivity contribution is 0.137. The van der Waals surface area contributed by atoms with Gasteiger partial charge in [-0.05, 0) is 61.7 Å². The number of hydrogen-bond acceptors (Lipinski definition) is 2. The summed E-state index contributed by atoms with van der Waals surface area (Å²) in [7, 11) is 0. The minimum atomic E-state index is 0.352. The molecule has 1 aliphatic carbocycles. The van der Waals surface area contributed by atoms with Gasteiger partial charge in [-0.3, -0.25) is 0 Å². The van der Waals surface area contributed by atoms with E-state index in [4.69, 9.17) is 0 Å². The zero-order chi connectivity index (χ0) is 13.7. The van der Waals surface area contributed by atoms with Gasteiger partial charge in [0.1, 0.15) is 0 Å². The SMILES string of the molecule is CC(CC(C)C(C)C)CC(CCO)C1CC(S)C1. The van der Waals surface area contributed by atoms with E-state index in [1.165, 1.54) is 25.7 Å². The maximum Gasteiger partial charge on any atom is 0.0433 e. The van der Waals surface area contributed by atoms with Crippen LogP contribution in [0.1, 0.15) is 59.8 Å². The van der Waals surface area contributed by atoms with E-state index in [0.717, 1.165) is 36.0 Å². The average Bonchev–Trinajstić information content (AvgIpc) is 2.24. The molecule has 3 unspecified atom stereocenters. The molecule has 2 heteroatoms. The number of rotatable bonds is 8. The first-order valence-electron chi connectivity index (χ1n) is 7.72. The summed E-state index contributed by atoms with van der Waals surface area (Å²) in [4.78, 5) is 0. The normalized spacial score (nSPS) is 28.8. The smallest absolute Gasteiger partial charge is 0.0433 e. The van der Waals surface area contributed by atoms with Gasteiger partial charge in [0, 0.05) is 11.9 Å². The van der Waals surface area contributed by atoms with Crippen molar-refractivity contribution in [2.45, 2.75) is 65.0 Å². The van der Waals surface area contributed by atoms with Gasteiger partial charge in [0.25, 0.3) is 0 Å². The van der Waals surface area contributed by atoms with E-state index in [-0.39, 0.29) is 0 Å². The van der Waals surface area contributed by atoms with Crippen LogP contribution in [0.3, 0.4) is 0 Å². The second-order valence-corrected chi connectivity index (χ2v) is 7.69. The van der Waals surface area contributed by atoms with Crippen molar-refractivity contribution in [2.75, 3.05) is 6.61 Å². The lowest BCUT2D eigenvalue weighted by Crippen LogP contribution is -2.32. The minimum Gasteiger partial charge on any atom is -0.396 e. The third kappa shape index (κ3) is 5.13. The van der Waals surface area contributed by atoms with Crippen molar-refractivity contribution < 1.29 is 5.11 Å². The quantitative estimate of drug-likeness (QED) is 0.627. The fourth-order valence-electron chi connectivity index (χ4n) is 3.25. The Morgan fingerprint density at radius 3 is 2.17 bits per heavy atom. The number of aliphatic hydroxyl groups is 1. The third-order valence-electron chi connectivity index (χ3n) is 4.93. The molecule has 0 spiro atoms. The van der Waals surface area contributed by atoms with Crippen LogP contribution in [0.15, 0.2) is 0 Å². The van der Waals surface area contributed by atoms with Crippen LogP contribution in [-0.4, -0.2) is 17.0 Å². The zero-order valence-electron chi connectivity index (χ0n) is 12.6. The van der Waals surface area contributed by atoms with E-state index in [1.54, 1.807) is 0 Å². The predicted octanol–water partition coefficient (Wildman–Crippen LogP) is 4.40. The van der Waals surface area contributed by atoms with Crippen LogP contribution in [-0.2, 0) is 0 Å². The van der Waals surface area contributed by atoms with Crippen molar-refractivity contribution >= 4 is 12.6 Å². The van der Waals surface area contributed by atoms with Gasteiger partial charge in [0.2, 0.25) is 0 Å². The monoisotopic (exact) mass is 272 g/mol. The molecule has 108 valence electrons. The first-order chi connectivity index (χ1) is 8.43. The van der Waals surface area contributed by atoms with E-state index in [9.17, 15) is 5.11 Å². The van der Waals surface area contributed by atoms with Crippen molar-refractivity contribution in [3.8, 4) is 0 Å². The van der Waals surface area contributed by atoms with Crippen LogP contribution in [0.4, 0.5) is 0 Å². The topological polar surface area (TPSA) is 20.2 Å². The first kappa shape index (κ1) is 16.4. The summed E-state index contributed by atoms with van der Waals surface area (Å²) >= 11 is 4.52. The van der Waals surface area contributed by atoms with E-state index in [1.807, 2.05) is 0 Å². The Balaban J connectivity index is 2.35. The van der Waals surface area contributed by atoms with Crippen LogP contribution in [0, 0.1) is 29.6 Å². The molecule has 1 saturated carbocycles. The maximum atomic E-state index is 9.23. The average molecular weight is 272 g/mol. The summed E-state index contributed by atoms with van der Waals surface area (Å²) in [5, 5.41) is 9.86. The predicted molar refractivity (Wildman–Crippen MR) is 83.1 cm³/mol. The maximum absolute atomic E-state index is 9.23. The standard InChI is InChI=1S/C16H32OS/c1-11(2)13(4)7-12(3)8-14(5-6-17)15-9-16(18)10-15/h11-18H,5-10H2,1-4H3. The summed E-state index contributed by atoms with van der Waals surface area (Å²) in [5.41, 5.74) is 0. The van der Waals surface area contributed by atoms with Gasteiger partial charge in [0.05, 0.1) is 0 Å². The Morgan fingerprint density at radius 1 is 1.11 bits per heavy atom. The summed E-state index contributed by atoms with van der Waals surface area (Å²) in [6.07, 6.45) is 6.14. The van der Waals surface area contributed by atoms with Gasteiger partial charge in [-0.25, -0.2) is 0 Å². The van der Waals surface area contributed by atoms with Gasteiger partial charge in [-0.2, -0.15) is 12.6 Å². The lowest BCUT2D eigenvalue weighted by Gasteiger charge is -2.39. The Hall–Kier alpha value is 0.310. The second kappa shape index (κ2) is 7.79. The Kier molecular flexibility index (Phi) is 7.08. The Labute approximate surface area is 119 Å². The molecule has 1 rings (SSSR count). The van der Waals surface area contributed by atoms with Gasteiger partial charge >= 0.3 is 0 Å². The summed E-state index contributed by atoms with van der Waals surface area (Å²) in [6.45, 7) is 9.75.